The first-order valence-corrected chi connectivity index (χ1v) is 15.1. The number of primary amides is 1. The van der Waals surface area contributed by atoms with E-state index < -0.39 is 6.09 Å². The maximum atomic E-state index is 11.6. The molecule has 2 saturated heterocycles. The summed E-state index contributed by atoms with van der Waals surface area (Å²) in [5.74, 6) is 1.91. The highest BCUT2D eigenvalue weighted by molar-refractivity contribution is 5.88. The monoisotopic (exact) mass is 572 g/mol. The molecule has 2 aromatic heterocycles. The molecular weight excluding hydrogens is 532 g/mol. The van der Waals surface area contributed by atoms with Crippen LogP contribution in [-0.4, -0.2) is 102 Å². The van der Waals surface area contributed by atoms with Gasteiger partial charge in [0.05, 0.1) is 24.4 Å². The van der Waals surface area contributed by atoms with Crippen LogP contribution in [0.2, 0.25) is 0 Å². The molecule has 1 saturated carbocycles. The van der Waals surface area contributed by atoms with Crippen molar-refractivity contribution in [3.63, 3.8) is 0 Å². The number of nitrogens with one attached hydrogen (secondary N) is 2. The summed E-state index contributed by atoms with van der Waals surface area (Å²) in [6, 6.07) is 8.91. The van der Waals surface area contributed by atoms with Gasteiger partial charge in [0, 0.05) is 75.1 Å². The number of carbonyl (C=O) groups excluding carboxylic acids is 1. The third-order valence-electron chi connectivity index (χ3n) is 9.68. The number of aromatic nitrogens is 3. The molecule has 2 bridgehead atoms. The third-order valence-corrected chi connectivity index (χ3v) is 9.68. The number of pyridine rings is 1. The molecule has 0 unspecified atom stereocenters. The van der Waals surface area contributed by atoms with Crippen molar-refractivity contribution in [2.45, 2.75) is 37.5 Å². The SMILES string of the molecule is COc1cc(N2CCC(N3CCN(C)CC3)CC2)ccc1-c1nc2nccc(N[C@H]3[C@@H](OC(N)=O)[C@@H]4C=C[C@H]3C4)c2[nH]1. The second kappa shape index (κ2) is 11.1. The molecule has 4 atom stereocenters. The van der Waals surface area contributed by atoms with Gasteiger partial charge in [-0.25, -0.2) is 14.8 Å². The highest BCUT2D eigenvalue weighted by atomic mass is 16.6. The lowest BCUT2D eigenvalue weighted by atomic mass is 9.98. The van der Waals surface area contributed by atoms with Crippen molar-refractivity contribution >= 4 is 28.6 Å². The second-order valence-corrected chi connectivity index (χ2v) is 12.1. The molecule has 2 aliphatic carbocycles. The van der Waals surface area contributed by atoms with Gasteiger partial charge in [0.25, 0.3) is 0 Å². The van der Waals surface area contributed by atoms with E-state index in [0.717, 1.165) is 55.1 Å². The standard InChI is InChI=1S/C31H40N8O3/c1-37-13-15-39(16-14-37)21-8-11-38(12-9-21)22-5-6-23(25(18-22)41-2)29-35-27-24(7-10-33-30(27)36-29)34-26-19-3-4-20(17-19)28(26)42-31(32)40/h3-7,10,18-21,26,28H,8-9,11-17H2,1-2H3,(H2,32,40)(H2,33,34,35,36)/t19-,20+,26+,28-/m0/s1. The summed E-state index contributed by atoms with van der Waals surface area (Å²) >= 11 is 0. The van der Waals surface area contributed by atoms with Crippen LogP contribution < -0.4 is 20.7 Å². The number of hydrogen-bond donors (Lipinski definition) is 3. The van der Waals surface area contributed by atoms with Crippen molar-refractivity contribution < 1.29 is 14.3 Å². The number of carbonyl (C=O) groups is 1. The number of amides is 1. The number of imidazole rings is 1. The fourth-order valence-electron chi connectivity index (χ4n) is 7.35. The number of rotatable bonds is 7. The number of nitrogens with zero attached hydrogens (tertiary/aromatic N) is 5. The van der Waals surface area contributed by atoms with Gasteiger partial charge in [-0.05, 0) is 44.5 Å². The number of anilines is 2. The molecule has 1 aromatic carbocycles. The lowest BCUT2D eigenvalue weighted by Crippen LogP contribution is -2.52. The van der Waals surface area contributed by atoms with E-state index in [2.05, 4.69) is 67.4 Å². The fraction of sp³-hybridized carbons (Fsp3) is 0.516. The molecule has 4 N–H and O–H groups in total. The smallest absolute Gasteiger partial charge is 0.404 e. The Morgan fingerprint density at radius 3 is 2.62 bits per heavy atom. The van der Waals surface area contributed by atoms with E-state index in [1.165, 1.54) is 31.6 Å². The molecule has 0 spiro atoms. The summed E-state index contributed by atoms with van der Waals surface area (Å²) in [6.45, 7) is 6.76. The quantitative estimate of drug-likeness (QED) is 0.366. The zero-order valence-electron chi connectivity index (χ0n) is 24.3. The van der Waals surface area contributed by atoms with Crippen LogP contribution >= 0.6 is 0 Å². The maximum Gasteiger partial charge on any atom is 0.404 e. The molecule has 222 valence electrons. The van der Waals surface area contributed by atoms with Gasteiger partial charge in [0.1, 0.15) is 23.2 Å². The van der Waals surface area contributed by atoms with Gasteiger partial charge in [-0.15, -0.1) is 0 Å². The first kappa shape index (κ1) is 27.0. The van der Waals surface area contributed by atoms with E-state index in [0.29, 0.717) is 17.5 Å². The van der Waals surface area contributed by atoms with Gasteiger partial charge in [0.2, 0.25) is 0 Å². The summed E-state index contributed by atoms with van der Waals surface area (Å²) in [6.07, 6.45) is 8.32. The minimum atomic E-state index is -0.744. The van der Waals surface area contributed by atoms with Crippen LogP contribution in [0.3, 0.4) is 0 Å². The largest absolute Gasteiger partial charge is 0.496 e. The van der Waals surface area contributed by atoms with Gasteiger partial charge in [-0.1, -0.05) is 12.2 Å². The summed E-state index contributed by atoms with van der Waals surface area (Å²) in [5.41, 5.74) is 9.72. The Bertz CT molecular complexity index is 1470. The van der Waals surface area contributed by atoms with Crippen LogP contribution in [0.25, 0.3) is 22.6 Å². The van der Waals surface area contributed by atoms with Crippen LogP contribution in [0.4, 0.5) is 16.2 Å². The molecule has 11 heteroatoms. The molecule has 2 aliphatic heterocycles. The minimum absolute atomic E-state index is 0.0703. The molecule has 11 nitrogen and oxygen atoms in total. The first-order chi connectivity index (χ1) is 20.5. The second-order valence-electron chi connectivity index (χ2n) is 12.1. The predicted molar refractivity (Wildman–Crippen MR) is 163 cm³/mol. The van der Waals surface area contributed by atoms with Gasteiger partial charge in [-0.2, -0.15) is 0 Å². The zero-order chi connectivity index (χ0) is 28.8. The number of hydrogen-bond acceptors (Lipinski definition) is 9. The molecular formula is C31H40N8O3. The van der Waals surface area contributed by atoms with E-state index in [-0.39, 0.29) is 24.0 Å². The van der Waals surface area contributed by atoms with Crippen LogP contribution in [0.5, 0.6) is 5.75 Å². The summed E-state index contributed by atoms with van der Waals surface area (Å²) in [4.78, 5) is 32.0. The molecule has 3 aromatic rings. The van der Waals surface area contributed by atoms with Gasteiger partial charge in [-0.3, -0.25) is 4.90 Å². The Labute approximate surface area is 246 Å². The van der Waals surface area contributed by atoms with Crippen molar-refractivity contribution in [2.75, 3.05) is 63.6 Å². The van der Waals surface area contributed by atoms with Crippen molar-refractivity contribution in [1.82, 2.24) is 24.8 Å². The Morgan fingerprint density at radius 1 is 1.07 bits per heavy atom. The summed E-state index contributed by atoms with van der Waals surface area (Å²) in [7, 11) is 3.92. The van der Waals surface area contributed by atoms with E-state index in [9.17, 15) is 4.79 Å². The van der Waals surface area contributed by atoms with E-state index in [4.69, 9.17) is 20.2 Å². The average Bonchev–Trinajstić information content (AvgIpc) is 3.74. The van der Waals surface area contributed by atoms with Crippen LogP contribution in [0.15, 0.2) is 42.6 Å². The zero-order valence-corrected chi connectivity index (χ0v) is 24.3. The minimum Gasteiger partial charge on any atom is -0.496 e. The molecule has 1 amide bonds. The normalized spacial score (nSPS) is 26.7. The number of nitrogens with two attached hydrogens (primary N) is 1. The number of benzene rings is 1. The van der Waals surface area contributed by atoms with Gasteiger partial charge >= 0.3 is 6.09 Å². The Morgan fingerprint density at radius 2 is 1.86 bits per heavy atom. The highest BCUT2D eigenvalue weighted by Gasteiger charge is 2.47. The highest BCUT2D eigenvalue weighted by Crippen LogP contribution is 2.43. The number of H-pyrrole nitrogens is 1. The molecule has 4 heterocycles. The fourth-order valence-corrected chi connectivity index (χ4v) is 7.35. The number of ether oxygens (including phenoxy) is 2. The number of piperazine rings is 1. The molecule has 7 rings (SSSR count). The maximum absolute atomic E-state index is 11.6. The third kappa shape index (κ3) is 5.05. The number of fused-ring (bicyclic) bond motifs is 3. The molecule has 4 aliphatic rings. The van der Waals surface area contributed by atoms with Crippen molar-refractivity contribution in [3.05, 3.63) is 42.6 Å². The summed E-state index contributed by atoms with van der Waals surface area (Å²) < 4.78 is 11.4. The molecule has 42 heavy (non-hydrogen) atoms. The van der Waals surface area contributed by atoms with E-state index >= 15 is 0 Å². The average molecular weight is 573 g/mol. The Hall–Kier alpha value is -3.83. The van der Waals surface area contributed by atoms with Gasteiger partial charge in [0.15, 0.2) is 5.65 Å². The number of methoxy groups -OCH3 is 1. The first-order valence-electron chi connectivity index (χ1n) is 15.1. The lowest BCUT2D eigenvalue weighted by Gasteiger charge is -2.42. The Kier molecular flexibility index (Phi) is 7.15. The van der Waals surface area contributed by atoms with E-state index in [1.54, 1.807) is 13.3 Å². The lowest BCUT2D eigenvalue weighted by molar-refractivity contribution is 0.0854. The number of likely N-dealkylation sites (N-methyl/N-ethyl adjacent to an activating group) is 1. The van der Waals surface area contributed by atoms with Crippen molar-refractivity contribution in [3.8, 4) is 17.1 Å². The molecule has 3 fully saturated rings. The van der Waals surface area contributed by atoms with Crippen LogP contribution in [0, 0.1) is 11.8 Å². The summed E-state index contributed by atoms with van der Waals surface area (Å²) in [5, 5.41) is 3.61. The van der Waals surface area contributed by atoms with Crippen molar-refractivity contribution in [2.24, 2.45) is 17.6 Å². The predicted octanol–water partition coefficient (Wildman–Crippen LogP) is 3.30. The van der Waals surface area contributed by atoms with Crippen molar-refractivity contribution in [1.29, 1.82) is 0 Å². The van der Waals surface area contributed by atoms with Crippen LogP contribution in [0.1, 0.15) is 19.3 Å². The molecule has 0 radical (unpaired) electrons. The van der Waals surface area contributed by atoms with Gasteiger partial charge < -0.3 is 35.3 Å². The Balaban J connectivity index is 1.08. The van der Waals surface area contributed by atoms with E-state index in [1.807, 2.05) is 6.07 Å². The van der Waals surface area contributed by atoms with Crippen LogP contribution in [-0.2, 0) is 4.74 Å². The topological polar surface area (TPSA) is 125 Å². The number of aromatic amines is 1. The number of piperidine rings is 1.